The molecule has 0 aromatic heterocycles. The van der Waals surface area contributed by atoms with E-state index in [1.165, 1.54) is 18.4 Å². The summed E-state index contributed by atoms with van der Waals surface area (Å²) in [6.45, 7) is 6.31. The van der Waals surface area contributed by atoms with Gasteiger partial charge in [-0.25, -0.2) is 4.79 Å². The molecule has 35 heavy (non-hydrogen) atoms. The minimum atomic E-state index is -5.08. The fraction of sp³-hybridized carbons (Fsp3) is 0.640. The topological polar surface area (TPSA) is 90.0 Å². The van der Waals surface area contributed by atoms with E-state index in [4.69, 9.17) is 9.90 Å². The van der Waals surface area contributed by atoms with Gasteiger partial charge in [0.2, 0.25) is 11.8 Å². The Kier molecular flexibility index (Phi) is 9.15. The van der Waals surface area contributed by atoms with E-state index in [1.54, 1.807) is 6.92 Å². The highest BCUT2D eigenvalue weighted by atomic mass is 19.4. The molecule has 2 heterocycles. The van der Waals surface area contributed by atoms with Gasteiger partial charge in [0.1, 0.15) is 0 Å². The number of rotatable bonds is 6. The van der Waals surface area contributed by atoms with Gasteiger partial charge < -0.3 is 15.3 Å². The molecule has 10 heteroatoms. The van der Waals surface area contributed by atoms with Crippen LogP contribution in [0.1, 0.15) is 50.6 Å². The predicted octanol–water partition coefficient (Wildman–Crippen LogP) is 3.47. The van der Waals surface area contributed by atoms with E-state index in [0.717, 1.165) is 52.0 Å². The maximum atomic E-state index is 12.4. The van der Waals surface area contributed by atoms with E-state index in [9.17, 15) is 22.8 Å². The number of hydrogen-bond donors (Lipinski definition) is 2. The van der Waals surface area contributed by atoms with Gasteiger partial charge >= 0.3 is 12.1 Å². The number of nitrogens with zero attached hydrogens (tertiary/aromatic N) is 2. The van der Waals surface area contributed by atoms with Crippen molar-refractivity contribution in [1.82, 2.24) is 15.1 Å². The first-order valence-electron chi connectivity index (χ1n) is 12.2. The Morgan fingerprint density at radius 3 is 2.06 bits per heavy atom. The molecular weight excluding hydrogens is 463 g/mol. The van der Waals surface area contributed by atoms with Crippen LogP contribution in [0.15, 0.2) is 30.3 Å². The van der Waals surface area contributed by atoms with E-state index in [-0.39, 0.29) is 17.7 Å². The second kappa shape index (κ2) is 11.9. The smallest absolute Gasteiger partial charge is 0.475 e. The molecule has 2 saturated heterocycles. The number of aliphatic carboxylic acids is 1. The molecule has 3 fully saturated rings. The molecule has 1 aliphatic carbocycles. The van der Waals surface area contributed by atoms with Gasteiger partial charge in [-0.1, -0.05) is 43.2 Å². The predicted molar refractivity (Wildman–Crippen MR) is 123 cm³/mol. The van der Waals surface area contributed by atoms with Gasteiger partial charge in [0.05, 0.1) is 0 Å². The SMILES string of the molecule is CC(=O)N1CC2CN([C@@H](CCNC(=O)C3CCCC3)c3ccccc3)CC2C1.O=C(O)C(F)(F)F. The molecular formula is C25H34F3N3O4. The van der Waals surface area contributed by atoms with Gasteiger partial charge in [0.15, 0.2) is 0 Å². The summed E-state index contributed by atoms with van der Waals surface area (Å²) in [6, 6.07) is 11.0. The van der Waals surface area contributed by atoms with Crippen molar-refractivity contribution in [3.8, 4) is 0 Å². The van der Waals surface area contributed by atoms with Gasteiger partial charge in [-0.15, -0.1) is 0 Å². The molecule has 4 rings (SSSR count). The van der Waals surface area contributed by atoms with Crippen LogP contribution in [0.2, 0.25) is 0 Å². The molecule has 1 aromatic carbocycles. The van der Waals surface area contributed by atoms with Crippen LogP contribution in [0.4, 0.5) is 13.2 Å². The summed E-state index contributed by atoms with van der Waals surface area (Å²) in [7, 11) is 0. The van der Waals surface area contributed by atoms with Crippen LogP contribution in [-0.2, 0) is 14.4 Å². The maximum absolute atomic E-state index is 12.4. The fourth-order valence-corrected chi connectivity index (χ4v) is 5.44. The first-order valence-corrected chi connectivity index (χ1v) is 12.2. The number of carboxylic acid groups (broad SMARTS) is 1. The second-order valence-electron chi connectivity index (χ2n) is 9.69. The number of hydrogen-bond acceptors (Lipinski definition) is 4. The summed E-state index contributed by atoms with van der Waals surface area (Å²) >= 11 is 0. The van der Waals surface area contributed by atoms with Gasteiger partial charge in [0, 0.05) is 51.6 Å². The van der Waals surface area contributed by atoms with Gasteiger partial charge in [-0.3, -0.25) is 14.5 Å². The van der Waals surface area contributed by atoms with Crippen molar-refractivity contribution in [2.24, 2.45) is 17.8 Å². The van der Waals surface area contributed by atoms with Crippen LogP contribution < -0.4 is 5.32 Å². The van der Waals surface area contributed by atoms with Gasteiger partial charge in [-0.2, -0.15) is 13.2 Å². The average Bonchev–Trinajstić information content (AvgIpc) is 3.53. The number of carbonyl (C=O) groups excluding carboxylic acids is 2. The number of fused-ring (bicyclic) bond motifs is 1. The molecule has 2 N–H and O–H groups in total. The van der Waals surface area contributed by atoms with Crippen molar-refractivity contribution in [1.29, 1.82) is 0 Å². The number of alkyl halides is 3. The maximum Gasteiger partial charge on any atom is 0.490 e. The summed E-state index contributed by atoms with van der Waals surface area (Å²) in [5.74, 6) is -0.896. The van der Waals surface area contributed by atoms with Crippen LogP contribution in [0.5, 0.6) is 0 Å². The third kappa shape index (κ3) is 7.43. The van der Waals surface area contributed by atoms with Crippen molar-refractivity contribution in [2.45, 2.75) is 51.2 Å². The molecule has 7 nitrogen and oxygen atoms in total. The zero-order valence-electron chi connectivity index (χ0n) is 20.0. The number of halogens is 3. The fourth-order valence-electron chi connectivity index (χ4n) is 5.44. The van der Waals surface area contributed by atoms with Crippen molar-refractivity contribution in [2.75, 3.05) is 32.7 Å². The lowest BCUT2D eigenvalue weighted by Crippen LogP contribution is -2.36. The highest BCUT2D eigenvalue weighted by Crippen LogP contribution is 2.37. The van der Waals surface area contributed by atoms with Gasteiger partial charge in [0.25, 0.3) is 0 Å². The molecule has 3 atom stereocenters. The lowest BCUT2D eigenvalue weighted by Gasteiger charge is -2.30. The Labute approximate surface area is 203 Å². The van der Waals surface area contributed by atoms with E-state index in [1.807, 2.05) is 4.90 Å². The average molecular weight is 498 g/mol. The third-order valence-electron chi connectivity index (χ3n) is 7.27. The van der Waals surface area contributed by atoms with Crippen molar-refractivity contribution >= 4 is 17.8 Å². The minimum Gasteiger partial charge on any atom is -0.475 e. The monoisotopic (exact) mass is 497 g/mol. The molecule has 0 bridgehead atoms. The zero-order chi connectivity index (χ0) is 25.6. The highest BCUT2D eigenvalue weighted by Gasteiger charge is 2.43. The molecule has 194 valence electrons. The number of benzene rings is 1. The van der Waals surface area contributed by atoms with E-state index >= 15 is 0 Å². The summed E-state index contributed by atoms with van der Waals surface area (Å²) in [6.07, 6.45) is 0.349. The van der Waals surface area contributed by atoms with E-state index in [0.29, 0.717) is 17.9 Å². The first kappa shape index (κ1) is 27.0. The number of carboxylic acids is 1. The zero-order valence-corrected chi connectivity index (χ0v) is 20.0. The standard InChI is InChI=1S/C23H33N3O2.C2HF3O2/c1-17(27)25-13-20-15-26(16-21(20)14-25)22(18-7-3-2-4-8-18)11-12-24-23(28)19-9-5-6-10-19;3-2(4,5)1(6)7/h2-4,7-8,19-22H,5-6,9-16H2,1H3,(H,24,28);(H,6,7)/t20?,21?,22-;/m0./s1. The summed E-state index contributed by atoms with van der Waals surface area (Å²) < 4.78 is 31.7. The Morgan fingerprint density at radius 2 is 1.57 bits per heavy atom. The largest absolute Gasteiger partial charge is 0.490 e. The van der Waals surface area contributed by atoms with Crippen LogP contribution in [0, 0.1) is 17.8 Å². The molecule has 0 spiro atoms. The summed E-state index contributed by atoms with van der Waals surface area (Å²) in [4.78, 5) is 37.6. The van der Waals surface area contributed by atoms with Crippen LogP contribution in [0.25, 0.3) is 0 Å². The quantitative estimate of drug-likeness (QED) is 0.628. The van der Waals surface area contributed by atoms with Crippen LogP contribution in [0.3, 0.4) is 0 Å². The Balaban J connectivity index is 0.000000429. The van der Waals surface area contributed by atoms with Crippen molar-refractivity contribution < 1.29 is 32.7 Å². The lowest BCUT2D eigenvalue weighted by atomic mass is 10.0. The van der Waals surface area contributed by atoms with Crippen molar-refractivity contribution in [3.63, 3.8) is 0 Å². The van der Waals surface area contributed by atoms with Crippen molar-refractivity contribution in [3.05, 3.63) is 35.9 Å². The molecule has 3 aliphatic rings. The first-order chi connectivity index (χ1) is 16.6. The molecule has 1 aromatic rings. The van der Waals surface area contributed by atoms with Gasteiger partial charge in [-0.05, 0) is 36.7 Å². The van der Waals surface area contributed by atoms with E-state index < -0.39 is 12.1 Å². The Bertz CT molecular complexity index is 860. The normalized spacial score (nSPS) is 23.4. The summed E-state index contributed by atoms with van der Waals surface area (Å²) in [5.41, 5.74) is 1.33. The molecule has 2 amide bonds. The number of nitrogens with one attached hydrogen (secondary N) is 1. The molecule has 0 radical (unpaired) electrons. The number of likely N-dealkylation sites (tertiary alicyclic amines) is 2. The molecule has 2 unspecified atom stereocenters. The highest BCUT2D eigenvalue weighted by molar-refractivity contribution is 5.78. The second-order valence-corrected chi connectivity index (χ2v) is 9.69. The van der Waals surface area contributed by atoms with Crippen LogP contribution in [-0.4, -0.2) is 71.6 Å². The van der Waals surface area contributed by atoms with Crippen LogP contribution >= 0.6 is 0 Å². The number of carbonyl (C=O) groups is 3. The minimum absolute atomic E-state index is 0.204. The number of amides is 2. The van der Waals surface area contributed by atoms with E-state index in [2.05, 4.69) is 40.5 Å². The Morgan fingerprint density at radius 1 is 1.03 bits per heavy atom. The molecule has 2 aliphatic heterocycles. The molecule has 1 saturated carbocycles. The summed E-state index contributed by atoms with van der Waals surface area (Å²) in [5, 5.41) is 10.3. The third-order valence-corrected chi connectivity index (χ3v) is 7.27. The lowest BCUT2D eigenvalue weighted by molar-refractivity contribution is -0.192. The Hall–Kier alpha value is -2.62.